The predicted octanol–water partition coefficient (Wildman–Crippen LogP) is 5.33. The molecule has 0 aliphatic carbocycles. The molecule has 7 nitrogen and oxygen atoms in total. The Hall–Kier alpha value is -4.04. The number of piperidine rings is 1. The van der Waals surface area contributed by atoms with E-state index in [4.69, 9.17) is 5.26 Å². The number of nitrogens with one attached hydrogen (secondary N) is 2. The van der Waals surface area contributed by atoms with Gasteiger partial charge in [-0.25, -0.2) is 0 Å². The molecule has 0 unspecified atom stereocenters. The number of nitrogens with zero attached hydrogens (tertiary/aromatic N) is 5. The first kappa shape index (κ1) is 29.9. The average molecular weight is 562 g/mol. The molecule has 0 radical (unpaired) electrons. The number of hydrogen-bond acceptors (Lipinski definition) is 6. The van der Waals surface area contributed by atoms with Crippen LogP contribution in [0, 0.1) is 34.5 Å². The second-order valence-electron chi connectivity index (χ2n) is 10.9. The molecule has 0 atom stereocenters. The molecule has 1 aliphatic rings. The number of hydrogen-bond donors (Lipinski definition) is 2. The standard InChI is InChI=1S/C31H34F3N7/c1-30(2,21-36)29-9-7-26(20-39-29)37-13-3-5-27-18-24-17-23(6-8-28(24)41(27)22-31(32,33)34)19-38-25-10-15-40(16-11-25)14-4-12-35/h6-9,17-18,20,25,37-38H,4,10-11,13-16,19,22H2,1-2H3. The minimum Gasteiger partial charge on any atom is -0.373 e. The summed E-state index contributed by atoms with van der Waals surface area (Å²) < 4.78 is 41.5. The Labute approximate surface area is 239 Å². The molecule has 41 heavy (non-hydrogen) atoms. The Bertz CT molecular complexity index is 1470. The first-order valence-electron chi connectivity index (χ1n) is 13.7. The molecule has 214 valence electrons. The largest absolute Gasteiger partial charge is 0.406 e. The lowest BCUT2D eigenvalue weighted by Crippen LogP contribution is -2.42. The highest BCUT2D eigenvalue weighted by atomic mass is 19.4. The minimum atomic E-state index is -4.38. The van der Waals surface area contributed by atoms with Crippen molar-refractivity contribution in [2.24, 2.45) is 0 Å². The van der Waals surface area contributed by atoms with Crippen molar-refractivity contribution in [2.45, 2.75) is 63.8 Å². The van der Waals surface area contributed by atoms with Crippen LogP contribution in [0.3, 0.4) is 0 Å². The van der Waals surface area contributed by atoms with E-state index in [0.717, 1.165) is 43.4 Å². The molecule has 3 aromatic rings. The lowest BCUT2D eigenvalue weighted by atomic mass is 9.91. The number of halogens is 3. The third-order valence-corrected chi connectivity index (χ3v) is 7.31. The van der Waals surface area contributed by atoms with E-state index >= 15 is 0 Å². The van der Waals surface area contributed by atoms with Crippen LogP contribution in [0.2, 0.25) is 0 Å². The summed E-state index contributed by atoms with van der Waals surface area (Å²) in [6.45, 7) is 6.04. The van der Waals surface area contributed by atoms with Crippen molar-refractivity contribution in [1.82, 2.24) is 19.8 Å². The van der Waals surface area contributed by atoms with E-state index in [1.54, 1.807) is 44.3 Å². The third kappa shape index (κ3) is 8.24. The summed E-state index contributed by atoms with van der Waals surface area (Å²) in [4.78, 5) is 6.63. The zero-order valence-electron chi connectivity index (χ0n) is 23.4. The molecule has 0 bridgehead atoms. The number of benzene rings is 1. The van der Waals surface area contributed by atoms with Crippen molar-refractivity contribution in [2.75, 3.05) is 31.5 Å². The molecule has 1 saturated heterocycles. The van der Waals surface area contributed by atoms with Crippen LogP contribution < -0.4 is 10.6 Å². The van der Waals surface area contributed by atoms with Crippen LogP contribution in [0.4, 0.5) is 18.9 Å². The molecule has 10 heteroatoms. The summed E-state index contributed by atoms with van der Waals surface area (Å²) in [7, 11) is 0. The fraction of sp³-hybridized carbons (Fsp3) is 0.452. The molecular formula is C31H34F3N7. The molecule has 1 aliphatic heterocycles. The van der Waals surface area contributed by atoms with E-state index < -0.39 is 18.1 Å². The Kier molecular flexibility index (Phi) is 9.55. The zero-order chi connectivity index (χ0) is 29.5. The molecule has 1 fully saturated rings. The van der Waals surface area contributed by atoms with Gasteiger partial charge in [0.2, 0.25) is 0 Å². The fourth-order valence-corrected chi connectivity index (χ4v) is 4.92. The molecule has 4 rings (SSSR count). The molecule has 0 saturated carbocycles. The number of aromatic nitrogens is 2. The topological polar surface area (TPSA) is 92.7 Å². The molecule has 0 spiro atoms. The van der Waals surface area contributed by atoms with Gasteiger partial charge in [0.15, 0.2) is 0 Å². The van der Waals surface area contributed by atoms with Crippen molar-refractivity contribution in [3.05, 3.63) is 59.5 Å². The number of pyridine rings is 1. The molecule has 1 aromatic carbocycles. The first-order chi connectivity index (χ1) is 19.6. The summed E-state index contributed by atoms with van der Waals surface area (Å²) in [5.74, 6) is 5.84. The van der Waals surface area contributed by atoms with Gasteiger partial charge >= 0.3 is 6.18 Å². The fourth-order valence-electron chi connectivity index (χ4n) is 4.92. The maximum absolute atomic E-state index is 13.4. The van der Waals surface area contributed by atoms with Gasteiger partial charge in [0.25, 0.3) is 0 Å². The van der Waals surface area contributed by atoms with Crippen LogP contribution in [0.5, 0.6) is 0 Å². The maximum atomic E-state index is 13.4. The number of rotatable bonds is 9. The number of alkyl halides is 3. The second kappa shape index (κ2) is 13.1. The van der Waals surface area contributed by atoms with Crippen molar-refractivity contribution >= 4 is 16.6 Å². The minimum absolute atomic E-state index is 0.223. The van der Waals surface area contributed by atoms with Crippen LogP contribution in [-0.2, 0) is 18.5 Å². The third-order valence-electron chi connectivity index (χ3n) is 7.31. The van der Waals surface area contributed by atoms with Crippen molar-refractivity contribution < 1.29 is 13.2 Å². The van der Waals surface area contributed by atoms with E-state index in [1.807, 2.05) is 12.1 Å². The monoisotopic (exact) mass is 561 g/mol. The van der Waals surface area contributed by atoms with Crippen LogP contribution in [0.15, 0.2) is 42.6 Å². The van der Waals surface area contributed by atoms with Gasteiger partial charge in [-0.3, -0.25) is 4.98 Å². The highest BCUT2D eigenvalue weighted by Crippen LogP contribution is 2.27. The normalized spacial score (nSPS) is 14.7. The molecule has 3 heterocycles. The van der Waals surface area contributed by atoms with Gasteiger partial charge in [0, 0.05) is 36.5 Å². The number of fused-ring (bicyclic) bond motifs is 1. The second-order valence-corrected chi connectivity index (χ2v) is 10.9. The average Bonchev–Trinajstić information content (AvgIpc) is 3.28. The quantitative estimate of drug-likeness (QED) is 0.343. The van der Waals surface area contributed by atoms with Gasteiger partial charge in [-0.15, -0.1) is 0 Å². The molecule has 0 amide bonds. The van der Waals surface area contributed by atoms with Gasteiger partial charge in [-0.05, 0) is 81.6 Å². The summed E-state index contributed by atoms with van der Waals surface area (Å²) in [6.07, 6.45) is -0.218. The van der Waals surface area contributed by atoms with Crippen molar-refractivity contribution in [3.63, 3.8) is 0 Å². The predicted molar refractivity (Wildman–Crippen MR) is 153 cm³/mol. The van der Waals surface area contributed by atoms with Gasteiger partial charge in [0.05, 0.1) is 47.4 Å². The first-order valence-corrected chi connectivity index (χ1v) is 13.7. The van der Waals surface area contributed by atoms with Crippen LogP contribution in [0.25, 0.3) is 10.9 Å². The van der Waals surface area contributed by atoms with E-state index in [-0.39, 0.29) is 6.54 Å². The zero-order valence-corrected chi connectivity index (χ0v) is 23.4. The Balaban J connectivity index is 1.42. The Morgan fingerprint density at radius 1 is 1.07 bits per heavy atom. The Morgan fingerprint density at radius 2 is 1.85 bits per heavy atom. The van der Waals surface area contributed by atoms with Gasteiger partial charge in [-0.2, -0.15) is 23.7 Å². The van der Waals surface area contributed by atoms with E-state index in [9.17, 15) is 18.4 Å². The van der Waals surface area contributed by atoms with Gasteiger partial charge in [0.1, 0.15) is 6.54 Å². The lowest BCUT2D eigenvalue weighted by molar-refractivity contribution is -0.140. The van der Waals surface area contributed by atoms with E-state index in [1.165, 1.54) is 4.57 Å². The summed E-state index contributed by atoms with van der Waals surface area (Å²) >= 11 is 0. The van der Waals surface area contributed by atoms with E-state index in [0.29, 0.717) is 41.6 Å². The number of nitriles is 2. The van der Waals surface area contributed by atoms with Gasteiger partial charge < -0.3 is 20.1 Å². The summed E-state index contributed by atoms with van der Waals surface area (Å²) in [6, 6.07) is 15.6. The highest BCUT2D eigenvalue weighted by molar-refractivity contribution is 5.83. The van der Waals surface area contributed by atoms with Crippen molar-refractivity contribution in [3.8, 4) is 24.0 Å². The SMILES string of the molecule is CC(C)(C#N)c1ccc(NCC#Cc2cc3cc(CNC4CCN(CCC#N)CC4)ccc3n2CC(F)(F)F)cn1. The van der Waals surface area contributed by atoms with Crippen LogP contribution in [0.1, 0.15) is 50.1 Å². The molecular weight excluding hydrogens is 527 g/mol. The number of anilines is 1. The molecule has 2 N–H and O–H groups in total. The lowest BCUT2D eigenvalue weighted by Gasteiger charge is -2.32. The van der Waals surface area contributed by atoms with Crippen LogP contribution in [-0.4, -0.2) is 52.8 Å². The van der Waals surface area contributed by atoms with Crippen molar-refractivity contribution in [1.29, 1.82) is 10.5 Å². The smallest absolute Gasteiger partial charge is 0.373 e. The summed E-state index contributed by atoms with van der Waals surface area (Å²) in [5.41, 5.74) is 2.46. The maximum Gasteiger partial charge on any atom is 0.406 e. The van der Waals surface area contributed by atoms with Gasteiger partial charge in [-0.1, -0.05) is 12.0 Å². The Morgan fingerprint density at radius 3 is 2.51 bits per heavy atom. The van der Waals surface area contributed by atoms with E-state index in [2.05, 4.69) is 44.5 Å². The summed E-state index contributed by atoms with van der Waals surface area (Å²) in [5, 5.41) is 25.4. The molecule has 2 aromatic heterocycles. The highest BCUT2D eigenvalue weighted by Gasteiger charge is 2.29. The van der Waals surface area contributed by atoms with Crippen LogP contribution >= 0.6 is 0 Å². The number of likely N-dealkylation sites (tertiary alicyclic amines) is 1.